The Morgan fingerprint density at radius 2 is 2.09 bits per heavy atom. The Morgan fingerprint density at radius 1 is 1.43 bits per heavy atom. The SMILES string of the molecule is C/C=C(/C)C(=O)N(C=O)Nc1ccc(F)c(N2CC(F)(F)C2)n1. The van der Waals surface area contributed by atoms with E-state index in [1.165, 1.54) is 19.1 Å². The van der Waals surface area contributed by atoms with Crippen molar-refractivity contribution in [1.82, 2.24) is 9.99 Å². The second-order valence-electron chi connectivity index (χ2n) is 5.08. The molecule has 6 nitrogen and oxygen atoms in total. The van der Waals surface area contributed by atoms with E-state index in [4.69, 9.17) is 0 Å². The number of hydrogen-bond donors (Lipinski definition) is 1. The van der Waals surface area contributed by atoms with Crippen LogP contribution in [0.25, 0.3) is 0 Å². The van der Waals surface area contributed by atoms with Crippen molar-refractivity contribution >= 4 is 24.0 Å². The molecule has 1 aliphatic heterocycles. The molecular weight excluding hydrogens is 313 g/mol. The van der Waals surface area contributed by atoms with Crippen LogP contribution in [0.5, 0.6) is 0 Å². The first-order valence-electron chi connectivity index (χ1n) is 6.75. The molecule has 0 aromatic carbocycles. The maximum Gasteiger partial charge on any atom is 0.282 e. The fraction of sp³-hybridized carbons (Fsp3) is 0.357. The van der Waals surface area contributed by atoms with E-state index in [9.17, 15) is 22.8 Å². The van der Waals surface area contributed by atoms with Crippen LogP contribution in [0.15, 0.2) is 23.8 Å². The predicted octanol–water partition coefficient (Wildman–Crippen LogP) is 1.95. The van der Waals surface area contributed by atoms with Crippen molar-refractivity contribution in [2.75, 3.05) is 23.4 Å². The highest BCUT2D eigenvalue weighted by molar-refractivity contribution is 5.99. The molecule has 0 bridgehead atoms. The molecule has 1 N–H and O–H groups in total. The van der Waals surface area contributed by atoms with Gasteiger partial charge < -0.3 is 4.90 Å². The van der Waals surface area contributed by atoms with Gasteiger partial charge in [0.05, 0.1) is 13.1 Å². The molecule has 0 radical (unpaired) electrons. The number of carbonyl (C=O) groups excluding carboxylic acids is 2. The van der Waals surface area contributed by atoms with Gasteiger partial charge >= 0.3 is 0 Å². The van der Waals surface area contributed by atoms with Gasteiger partial charge in [0, 0.05) is 5.57 Å². The fourth-order valence-electron chi connectivity index (χ4n) is 1.94. The lowest BCUT2D eigenvalue weighted by Crippen LogP contribution is -2.57. The molecule has 1 aromatic rings. The van der Waals surface area contributed by atoms with Gasteiger partial charge in [-0.2, -0.15) is 5.01 Å². The first kappa shape index (κ1) is 16.8. The van der Waals surface area contributed by atoms with E-state index in [0.717, 1.165) is 11.0 Å². The van der Waals surface area contributed by atoms with Crippen LogP contribution < -0.4 is 10.3 Å². The second kappa shape index (κ2) is 6.27. The summed E-state index contributed by atoms with van der Waals surface area (Å²) in [6, 6.07) is 2.22. The summed E-state index contributed by atoms with van der Waals surface area (Å²) in [6.45, 7) is 1.89. The van der Waals surface area contributed by atoms with Crippen LogP contribution >= 0.6 is 0 Å². The number of aromatic nitrogens is 1. The topological polar surface area (TPSA) is 65.5 Å². The van der Waals surface area contributed by atoms with Gasteiger partial charge in [-0.15, -0.1) is 0 Å². The molecule has 23 heavy (non-hydrogen) atoms. The number of anilines is 2. The predicted molar refractivity (Wildman–Crippen MR) is 77.3 cm³/mol. The lowest BCUT2D eigenvalue weighted by Gasteiger charge is -2.39. The van der Waals surface area contributed by atoms with E-state index in [0.29, 0.717) is 10.6 Å². The molecule has 9 heteroatoms. The largest absolute Gasteiger partial charge is 0.342 e. The van der Waals surface area contributed by atoms with Crippen LogP contribution in [-0.2, 0) is 9.59 Å². The average molecular weight is 328 g/mol. The summed E-state index contributed by atoms with van der Waals surface area (Å²) in [5, 5.41) is 0.643. The zero-order chi connectivity index (χ0) is 17.2. The highest BCUT2D eigenvalue weighted by atomic mass is 19.3. The van der Waals surface area contributed by atoms with Gasteiger partial charge in [-0.3, -0.25) is 15.0 Å². The van der Waals surface area contributed by atoms with Crippen molar-refractivity contribution < 1.29 is 22.8 Å². The number of alkyl halides is 2. The Bertz CT molecular complexity index is 655. The number of hydrogen-bond acceptors (Lipinski definition) is 5. The van der Waals surface area contributed by atoms with Crippen LogP contribution in [0.1, 0.15) is 13.8 Å². The van der Waals surface area contributed by atoms with Gasteiger partial charge in [0.15, 0.2) is 11.6 Å². The molecule has 0 spiro atoms. The van der Waals surface area contributed by atoms with Crippen LogP contribution in [0.4, 0.5) is 24.8 Å². The van der Waals surface area contributed by atoms with Crippen LogP contribution in [0.3, 0.4) is 0 Å². The summed E-state index contributed by atoms with van der Waals surface area (Å²) in [4.78, 5) is 27.8. The van der Waals surface area contributed by atoms with Crippen molar-refractivity contribution in [2.24, 2.45) is 0 Å². The first-order chi connectivity index (χ1) is 10.8. The highest BCUT2D eigenvalue weighted by Gasteiger charge is 2.45. The van der Waals surface area contributed by atoms with Crippen molar-refractivity contribution in [3.63, 3.8) is 0 Å². The number of hydrazine groups is 1. The summed E-state index contributed by atoms with van der Waals surface area (Å²) in [5.41, 5.74) is 2.73. The third kappa shape index (κ3) is 3.61. The summed E-state index contributed by atoms with van der Waals surface area (Å²) in [7, 11) is 0. The Kier molecular flexibility index (Phi) is 4.57. The van der Waals surface area contributed by atoms with E-state index in [1.54, 1.807) is 6.92 Å². The molecule has 0 aliphatic carbocycles. The number of carbonyl (C=O) groups is 2. The van der Waals surface area contributed by atoms with Gasteiger partial charge in [-0.25, -0.2) is 18.2 Å². The van der Waals surface area contributed by atoms with Crippen molar-refractivity contribution in [2.45, 2.75) is 19.8 Å². The van der Waals surface area contributed by atoms with Gasteiger partial charge in [-0.1, -0.05) is 6.08 Å². The number of pyridine rings is 1. The number of nitrogens with zero attached hydrogens (tertiary/aromatic N) is 3. The molecule has 1 saturated heterocycles. The summed E-state index contributed by atoms with van der Waals surface area (Å²) < 4.78 is 39.5. The van der Waals surface area contributed by atoms with Crippen LogP contribution in [0, 0.1) is 5.82 Å². The molecule has 2 heterocycles. The van der Waals surface area contributed by atoms with E-state index in [2.05, 4.69) is 10.4 Å². The third-order valence-electron chi connectivity index (χ3n) is 3.30. The van der Waals surface area contributed by atoms with Crippen LogP contribution in [0.2, 0.25) is 0 Å². The molecular formula is C14H15F3N4O2. The maximum atomic E-state index is 13.7. The van der Waals surface area contributed by atoms with Crippen molar-refractivity contribution in [1.29, 1.82) is 0 Å². The number of halogens is 3. The number of nitrogens with one attached hydrogen (secondary N) is 1. The maximum absolute atomic E-state index is 13.7. The third-order valence-corrected chi connectivity index (χ3v) is 3.30. The Hall–Kier alpha value is -2.58. The van der Waals surface area contributed by atoms with Gasteiger partial charge in [-0.05, 0) is 26.0 Å². The van der Waals surface area contributed by atoms with Crippen molar-refractivity contribution in [3.05, 3.63) is 29.6 Å². The standard InChI is InChI=1S/C14H15F3N4O2/c1-3-9(2)13(23)21(8-22)19-11-5-4-10(15)12(18-11)20-6-14(16,17)7-20/h3-5,8H,6-7H2,1-2H3,(H,18,19)/b9-3-. The summed E-state index contributed by atoms with van der Waals surface area (Å²) in [5.74, 6) is -4.51. The average Bonchev–Trinajstić information content (AvgIpc) is 2.50. The molecule has 1 fully saturated rings. The monoisotopic (exact) mass is 328 g/mol. The minimum Gasteiger partial charge on any atom is -0.342 e. The molecule has 0 saturated carbocycles. The quantitative estimate of drug-likeness (QED) is 0.508. The molecule has 1 aromatic heterocycles. The lowest BCUT2D eigenvalue weighted by atomic mass is 10.1. The van der Waals surface area contributed by atoms with Crippen molar-refractivity contribution in [3.8, 4) is 0 Å². The Labute approximate surface area is 130 Å². The molecule has 0 atom stereocenters. The number of amides is 2. The second-order valence-corrected chi connectivity index (χ2v) is 5.08. The van der Waals surface area contributed by atoms with Gasteiger partial charge in [0.2, 0.25) is 6.41 Å². The van der Waals surface area contributed by atoms with E-state index in [-0.39, 0.29) is 18.0 Å². The summed E-state index contributed by atoms with van der Waals surface area (Å²) >= 11 is 0. The van der Waals surface area contributed by atoms with E-state index >= 15 is 0 Å². The zero-order valence-electron chi connectivity index (χ0n) is 12.5. The number of rotatable bonds is 5. The number of allylic oxidation sites excluding steroid dienone is 1. The summed E-state index contributed by atoms with van der Waals surface area (Å²) in [6.07, 6.45) is 1.77. The minimum absolute atomic E-state index is 0.0130. The molecule has 1 aliphatic rings. The fourth-order valence-corrected chi connectivity index (χ4v) is 1.94. The first-order valence-corrected chi connectivity index (χ1v) is 6.75. The van der Waals surface area contributed by atoms with Gasteiger partial charge in [0.25, 0.3) is 11.8 Å². The Morgan fingerprint density at radius 3 is 2.61 bits per heavy atom. The Balaban J connectivity index is 2.17. The normalized spacial score (nSPS) is 16.6. The molecule has 2 rings (SSSR count). The van der Waals surface area contributed by atoms with E-state index < -0.39 is 30.7 Å². The zero-order valence-corrected chi connectivity index (χ0v) is 12.5. The lowest BCUT2D eigenvalue weighted by molar-refractivity contribution is -0.133. The molecule has 0 unspecified atom stereocenters. The van der Waals surface area contributed by atoms with Gasteiger partial charge in [0.1, 0.15) is 5.82 Å². The number of imide groups is 1. The highest BCUT2D eigenvalue weighted by Crippen LogP contribution is 2.32. The minimum atomic E-state index is -2.87. The smallest absolute Gasteiger partial charge is 0.282 e. The van der Waals surface area contributed by atoms with Crippen LogP contribution in [-0.4, -0.2) is 41.3 Å². The molecule has 2 amide bonds. The van der Waals surface area contributed by atoms with E-state index in [1.807, 2.05) is 0 Å². The molecule has 124 valence electrons.